The lowest BCUT2D eigenvalue weighted by molar-refractivity contribution is -0.385. The SMILES string of the molecule is COc1ccc([N+](=O)[O-])cc1C(O)C(=O)O. The van der Waals surface area contributed by atoms with Crippen LogP contribution in [0.15, 0.2) is 18.2 Å². The van der Waals surface area contributed by atoms with Gasteiger partial charge in [0.15, 0.2) is 6.10 Å². The van der Waals surface area contributed by atoms with Crippen LogP contribution >= 0.6 is 0 Å². The van der Waals surface area contributed by atoms with Crippen molar-refractivity contribution in [3.63, 3.8) is 0 Å². The van der Waals surface area contributed by atoms with E-state index in [-0.39, 0.29) is 17.0 Å². The van der Waals surface area contributed by atoms with Gasteiger partial charge in [0.05, 0.1) is 12.0 Å². The number of carbonyl (C=O) groups is 1. The van der Waals surface area contributed by atoms with Gasteiger partial charge in [-0.3, -0.25) is 10.1 Å². The maximum absolute atomic E-state index is 10.6. The van der Waals surface area contributed by atoms with Gasteiger partial charge in [-0.2, -0.15) is 0 Å². The van der Waals surface area contributed by atoms with E-state index >= 15 is 0 Å². The predicted octanol–water partition coefficient (Wildman–Crippen LogP) is 0.721. The smallest absolute Gasteiger partial charge is 0.337 e. The van der Waals surface area contributed by atoms with E-state index in [1.165, 1.54) is 13.2 Å². The second kappa shape index (κ2) is 4.58. The van der Waals surface area contributed by atoms with Crippen LogP contribution in [0, 0.1) is 10.1 Å². The lowest BCUT2D eigenvalue weighted by Crippen LogP contribution is -2.12. The molecular weight excluding hydrogens is 218 g/mol. The van der Waals surface area contributed by atoms with E-state index in [0.717, 1.165) is 12.1 Å². The summed E-state index contributed by atoms with van der Waals surface area (Å²) in [6.07, 6.45) is -1.85. The van der Waals surface area contributed by atoms with Crippen molar-refractivity contribution in [3.05, 3.63) is 33.9 Å². The Hall–Kier alpha value is -2.15. The molecule has 1 unspecified atom stereocenters. The molecule has 0 saturated carbocycles. The predicted molar refractivity (Wildman–Crippen MR) is 52.2 cm³/mol. The van der Waals surface area contributed by atoms with Gasteiger partial charge in [-0.1, -0.05) is 0 Å². The highest BCUT2D eigenvalue weighted by Crippen LogP contribution is 2.29. The van der Waals surface area contributed by atoms with Crippen molar-refractivity contribution in [2.24, 2.45) is 0 Å². The molecule has 86 valence electrons. The van der Waals surface area contributed by atoms with Crippen molar-refractivity contribution in [2.75, 3.05) is 7.11 Å². The Labute approximate surface area is 90.0 Å². The molecule has 1 aromatic carbocycles. The first-order valence-corrected chi connectivity index (χ1v) is 4.20. The van der Waals surface area contributed by atoms with Gasteiger partial charge < -0.3 is 14.9 Å². The number of carboxylic acid groups (broad SMARTS) is 1. The maximum Gasteiger partial charge on any atom is 0.337 e. The zero-order chi connectivity index (χ0) is 12.3. The highest BCUT2D eigenvalue weighted by Gasteiger charge is 2.23. The van der Waals surface area contributed by atoms with Gasteiger partial charge in [0.25, 0.3) is 5.69 Å². The molecule has 0 spiro atoms. The molecule has 0 aliphatic rings. The van der Waals surface area contributed by atoms with E-state index in [4.69, 9.17) is 9.84 Å². The number of non-ortho nitro benzene ring substituents is 1. The summed E-state index contributed by atoms with van der Waals surface area (Å²) in [5.41, 5.74) is -0.458. The normalized spacial score (nSPS) is 11.9. The Bertz CT molecular complexity index is 430. The Kier molecular flexibility index (Phi) is 3.41. The van der Waals surface area contributed by atoms with E-state index in [1.54, 1.807) is 0 Å². The first kappa shape index (κ1) is 11.9. The number of aliphatic hydroxyl groups is 1. The van der Waals surface area contributed by atoms with Crippen molar-refractivity contribution >= 4 is 11.7 Å². The summed E-state index contributed by atoms with van der Waals surface area (Å²) >= 11 is 0. The topological polar surface area (TPSA) is 110 Å². The van der Waals surface area contributed by atoms with Crippen LogP contribution in [0.25, 0.3) is 0 Å². The second-order valence-corrected chi connectivity index (χ2v) is 2.92. The fourth-order valence-electron chi connectivity index (χ4n) is 1.18. The van der Waals surface area contributed by atoms with E-state index in [9.17, 15) is 20.0 Å². The second-order valence-electron chi connectivity index (χ2n) is 2.92. The van der Waals surface area contributed by atoms with Gasteiger partial charge in [-0.05, 0) is 6.07 Å². The average Bonchev–Trinajstić information content (AvgIpc) is 2.26. The first-order valence-electron chi connectivity index (χ1n) is 4.20. The molecule has 0 heterocycles. The number of hydrogen-bond donors (Lipinski definition) is 2. The monoisotopic (exact) mass is 227 g/mol. The molecule has 0 aromatic heterocycles. The summed E-state index contributed by atoms with van der Waals surface area (Å²) in [6, 6.07) is 3.37. The molecule has 7 heteroatoms. The Morgan fingerprint density at radius 3 is 2.62 bits per heavy atom. The number of aliphatic carboxylic acids is 1. The molecule has 2 N–H and O–H groups in total. The zero-order valence-corrected chi connectivity index (χ0v) is 8.28. The van der Waals surface area contributed by atoms with Crippen molar-refractivity contribution < 1.29 is 24.7 Å². The molecule has 1 aromatic rings. The molecule has 1 atom stereocenters. The molecule has 7 nitrogen and oxygen atoms in total. The summed E-state index contributed by atoms with van der Waals surface area (Å²) in [6.45, 7) is 0. The standard InChI is InChI=1S/C9H9NO6/c1-16-7-3-2-5(10(14)15)4-6(7)8(11)9(12)13/h2-4,8,11H,1H3,(H,12,13). The van der Waals surface area contributed by atoms with Gasteiger partial charge in [-0.15, -0.1) is 0 Å². The minimum absolute atomic E-state index is 0.0838. The Balaban J connectivity index is 3.27. The summed E-state index contributed by atoms with van der Waals surface area (Å²) in [4.78, 5) is 20.4. The summed E-state index contributed by atoms with van der Waals surface area (Å²) in [5, 5.41) is 28.4. The number of nitrogens with zero attached hydrogens (tertiary/aromatic N) is 1. The lowest BCUT2D eigenvalue weighted by Gasteiger charge is -2.10. The van der Waals surface area contributed by atoms with Crippen LogP contribution in [0.3, 0.4) is 0 Å². The van der Waals surface area contributed by atoms with E-state index < -0.39 is 17.0 Å². The van der Waals surface area contributed by atoms with Gasteiger partial charge in [-0.25, -0.2) is 4.79 Å². The van der Waals surface area contributed by atoms with Gasteiger partial charge >= 0.3 is 5.97 Å². The molecule has 0 amide bonds. The van der Waals surface area contributed by atoms with E-state index in [1.807, 2.05) is 0 Å². The summed E-state index contributed by atoms with van der Waals surface area (Å²) < 4.78 is 4.81. The van der Waals surface area contributed by atoms with Crippen LogP contribution in [-0.4, -0.2) is 28.2 Å². The fourth-order valence-corrected chi connectivity index (χ4v) is 1.18. The number of hydrogen-bond acceptors (Lipinski definition) is 5. The molecule has 0 fully saturated rings. The number of aliphatic hydroxyl groups excluding tert-OH is 1. The Morgan fingerprint density at radius 1 is 1.56 bits per heavy atom. The van der Waals surface area contributed by atoms with Crippen molar-refractivity contribution in [2.45, 2.75) is 6.10 Å². The molecular formula is C9H9NO6. The van der Waals surface area contributed by atoms with Crippen molar-refractivity contribution in [3.8, 4) is 5.75 Å². The number of nitro groups is 1. The van der Waals surface area contributed by atoms with E-state index in [0.29, 0.717) is 0 Å². The van der Waals surface area contributed by atoms with Crippen LogP contribution < -0.4 is 4.74 Å². The fraction of sp³-hybridized carbons (Fsp3) is 0.222. The third-order valence-electron chi connectivity index (χ3n) is 1.95. The molecule has 0 radical (unpaired) electrons. The minimum atomic E-state index is -1.85. The largest absolute Gasteiger partial charge is 0.496 e. The molecule has 16 heavy (non-hydrogen) atoms. The molecule has 0 bridgehead atoms. The number of carboxylic acids is 1. The van der Waals surface area contributed by atoms with Crippen LogP contribution in [-0.2, 0) is 4.79 Å². The highest BCUT2D eigenvalue weighted by atomic mass is 16.6. The number of benzene rings is 1. The van der Waals surface area contributed by atoms with Crippen molar-refractivity contribution in [1.82, 2.24) is 0 Å². The average molecular weight is 227 g/mol. The van der Waals surface area contributed by atoms with Gasteiger partial charge in [0, 0.05) is 17.7 Å². The zero-order valence-electron chi connectivity index (χ0n) is 8.28. The van der Waals surface area contributed by atoms with Crippen LogP contribution in [0.5, 0.6) is 5.75 Å². The highest BCUT2D eigenvalue weighted by molar-refractivity contribution is 5.75. The molecule has 0 aliphatic heterocycles. The maximum atomic E-state index is 10.6. The quantitative estimate of drug-likeness (QED) is 0.579. The number of nitro benzene ring substituents is 1. The van der Waals surface area contributed by atoms with Crippen LogP contribution in [0.2, 0.25) is 0 Å². The van der Waals surface area contributed by atoms with Gasteiger partial charge in [0.2, 0.25) is 0 Å². The van der Waals surface area contributed by atoms with E-state index in [2.05, 4.69) is 0 Å². The summed E-state index contributed by atoms with van der Waals surface area (Å²) in [7, 11) is 1.28. The number of methoxy groups -OCH3 is 1. The van der Waals surface area contributed by atoms with Gasteiger partial charge in [0.1, 0.15) is 5.75 Å². The van der Waals surface area contributed by atoms with Crippen molar-refractivity contribution in [1.29, 1.82) is 0 Å². The first-order chi connectivity index (χ1) is 7.47. The summed E-state index contributed by atoms with van der Waals surface area (Å²) in [5.74, 6) is -1.42. The Morgan fingerprint density at radius 2 is 2.19 bits per heavy atom. The molecule has 1 rings (SSSR count). The number of ether oxygens (including phenoxy) is 1. The lowest BCUT2D eigenvalue weighted by atomic mass is 10.1. The third kappa shape index (κ3) is 2.26. The molecule has 0 saturated heterocycles. The third-order valence-corrected chi connectivity index (χ3v) is 1.95. The molecule has 0 aliphatic carbocycles. The van der Waals surface area contributed by atoms with Crippen LogP contribution in [0.4, 0.5) is 5.69 Å². The minimum Gasteiger partial charge on any atom is -0.496 e. The number of rotatable bonds is 4. The van der Waals surface area contributed by atoms with Crippen LogP contribution in [0.1, 0.15) is 11.7 Å².